The number of aliphatic hydroxyl groups excluding tert-OH is 1. The van der Waals surface area contributed by atoms with Crippen LogP contribution in [0.1, 0.15) is 41.6 Å². The van der Waals surface area contributed by atoms with Crippen LogP contribution in [0.5, 0.6) is 11.5 Å². The van der Waals surface area contributed by atoms with Crippen LogP contribution in [0, 0.1) is 0 Å². The Bertz CT molecular complexity index is 1370. The lowest BCUT2D eigenvalue weighted by Gasteiger charge is -2.19. The predicted octanol–water partition coefficient (Wildman–Crippen LogP) is 5.21. The summed E-state index contributed by atoms with van der Waals surface area (Å²) in [5.74, 6) is 0.512. The summed E-state index contributed by atoms with van der Waals surface area (Å²) in [6.07, 6.45) is 3.43. The summed E-state index contributed by atoms with van der Waals surface area (Å²) in [5, 5.41) is 12.6. The second-order valence-electron chi connectivity index (χ2n) is 9.08. The lowest BCUT2D eigenvalue weighted by molar-refractivity contribution is -0.117. The molecule has 1 atom stereocenters. The molecule has 11 heteroatoms. The van der Waals surface area contributed by atoms with Gasteiger partial charge in [0.2, 0.25) is 11.8 Å². The highest BCUT2D eigenvalue weighted by Crippen LogP contribution is 2.40. The van der Waals surface area contributed by atoms with E-state index in [4.69, 9.17) is 32.7 Å². The molecule has 2 amide bonds. The Morgan fingerprint density at radius 1 is 1.12 bits per heavy atom. The van der Waals surface area contributed by atoms with Crippen LogP contribution in [0.4, 0.5) is 11.5 Å². The number of ether oxygens (including phenoxy) is 2. The molecule has 3 rings (SSSR count). The molecule has 9 nitrogen and oxygen atoms in total. The summed E-state index contributed by atoms with van der Waals surface area (Å²) >= 11 is 12.9. The smallest absolute Gasteiger partial charge is 0.247 e. The van der Waals surface area contributed by atoms with Gasteiger partial charge in [0.1, 0.15) is 23.6 Å². The zero-order valence-corrected chi connectivity index (χ0v) is 24.3. The number of carbonyl (C=O) groups is 2. The Labute approximate surface area is 243 Å². The number of halogens is 2. The number of aliphatic hydroxyl groups is 1. The molecule has 0 saturated heterocycles. The first kappa shape index (κ1) is 30.9. The monoisotopic (exact) mass is 586 g/mol. The van der Waals surface area contributed by atoms with Crippen molar-refractivity contribution >= 4 is 46.5 Å². The predicted molar refractivity (Wildman–Crippen MR) is 157 cm³/mol. The van der Waals surface area contributed by atoms with Gasteiger partial charge in [0, 0.05) is 43.5 Å². The van der Waals surface area contributed by atoms with E-state index in [1.54, 1.807) is 19.2 Å². The van der Waals surface area contributed by atoms with Gasteiger partial charge in [0.25, 0.3) is 0 Å². The van der Waals surface area contributed by atoms with Crippen LogP contribution in [0.2, 0.25) is 10.0 Å². The second-order valence-corrected chi connectivity index (χ2v) is 9.84. The number of anilines is 2. The van der Waals surface area contributed by atoms with Crippen LogP contribution in [0.25, 0.3) is 0 Å². The van der Waals surface area contributed by atoms with E-state index in [2.05, 4.69) is 21.9 Å². The van der Waals surface area contributed by atoms with Gasteiger partial charge in [-0.3, -0.25) is 14.5 Å². The number of methoxy groups -OCH3 is 2. The number of carbonyl (C=O) groups excluding carboxylic acids is 2. The fraction of sp³-hybridized carbons (Fsp3) is 0.310. The fourth-order valence-electron chi connectivity index (χ4n) is 4.07. The molecule has 1 unspecified atom stereocenters. The standard InChI is InChI=1S/C29H32Cl2N4O5/c1-6-26(37)34-22-12-18(17(2)9-10-36)7-8-19(22)11-20-13-25(33-16-32-20)35(3)27(38)14-21-28(30)23(39-4)15-24(40-5)29(21)31/h6-8,12-13,15-17,36H,1,9-11,14H2,2-5H3,(H,34,37). The SMILES string of the molecule is C=CC(=O)Nc1cc(C(C)CCO)ccc1Cc1cc(N(C)C(=O)Cc2c(Cl)c(OC)cc(OC)c2Cl)ncn1. The molecule has 2 N–H and O–H groups in total. The maximum atomic E-state index is 13.2. The van der Waals surface area contributed by atoms with Crippen molar-refractivity contribution in [2.45, 2.75) is 32.1 Å². The van der Waals surface area contributed by atoms with Gasteiger partial charge in [-0.25, -0.2) is 9.97 Å². The largest absolute Gasteiger partial charge is 0.495 e. The molecule has 2 aromatic carbocycles. The van der Waals surface area contributed by atoms with E-state index in [9.17, 15) is 14.7 Å². The number of amides is 2. The summed E-state index contributed by atoms with van der Waals surface area (Å²) in [6.45, 7) is 5.61. The van der Waals surface area contributed by atoms with E-state index in [1.165, 1.54) is 31.5 Å². The first-order chi connectivity index (χ1) is 19.1. The average molecular weight is 588 g/mol. The van der Waals surface area contributed by atoms with Crippen molar-refractivity contribution in [3.63, 3.8) is 0 Å². The van der Waals surface area contributed by atoms with Crippen LogP contribution in [0.15, 0.2) is 49.3 Å². The van der Waals surface area contributed by atoms with E-state index in [0.29, 0.717) is 47.1 Å². The van der Waals surface area contributed by atoms with Gasteiger partial charge in [-0.2, -0.15) is 0 Å². The third-order valence-corrected chi connectivity index (χ3v) is 7.33. The minimum Gasteiger partial charge on any atom is -0.495 e. The molecular weight excluding hydrogens is 555 g/mol. The number of rotatable bonds is 12. The summed E-state index contributed by atoms with van der Waals surface area (Å²) in [5.41, 5.74) is 3.43. The number of hydrogen-bond acceptors (Lipinski definition) is 7. The van der Waals surface area contributed by atoms with Crippen molar-refractivity contribution in [3.8, 4) is 11.5 Å². The molecule has 1 aromatic heterocycles. The highest BCUT2D eigenvalue weighted by Gasteiger charge is 2.22. The maximum Gasteiger partial charge on any atom is 0.247 e. The van der Waals surface area contributed by atoms with Gasteiger partial charge in [-0.1, -0.05) is 48.8 Å². The van der Waals surface area contributed by atoms with Crippen LogP contribution < -0.4 is 19.7 Å². The summed E-state index contributed by atoms with van der Waals surface area (Å²) in [4.78, 5) is 35.4. The van der Waals surface area contributed by atoms with Crippen LogP contribution >= 0.6 is 23.2 Å². The Morgan fingerprint density at radius 2 is 1.80 bits per heavy atom. The molecule has 40 heavy (non-hydrogen) atoms. The summed E-state index contributed by atoms with van der Waals surface area (Å²) in [6, 6.07) is 9.04. The summed E-state index contributed by atoms with van der Waals surface area (Å²) < 4.78 is 10.6. The number of likely N-dealkylation sites (N-methyl/N-ethyl adjacent to an activating group) is 1. The maximum absolute atomic E-state index is 13.2. The Hall–Kier alpha value is -3.66. The van der Waals surface area contributed by atoms with Crippen molar-refractivity contribution in [3.05, 3.63) is 81.7 Å². The first-order valence-electron chi connectivity index (χ1n) is 12.5. The normalized spacial score (nSPS) is 11.5. The molecule has 0 aliphatic heterocycles. The highest BCUT2D eigenvalue weighted by atomic mass is 35.5. The molecule has 212 valence electrons. The van der Waals surface area contributed by atoms with Gasteiger partial charge in [-0.05, 0) is 35.6 Å². The Kier molecular flexibility index (Phi) is 10.9. The second kappa shape index (κ2) is 14.1. The zero-order chi connectivity index (χ0) is 29.4. The van der Waals surface area contributed by atoms with Gasteiger partial charge < -0.3 is 19.9 Å². The fourth-order valence-corrected chi connectivity index (χ4v) is 4.70. The molecule has 0 aliphatic rings. The Morgan fingerprint density at radius 3 is 2.40 bits per heavy atom. The molecule has 0 spiro atoms. The third kappa shape index (κ3) is 7.29. The number of benzene rings is 2. The summed E-state index contributed by atoms with van der Waals surface area (Å²) in [7, 11) is 4.53. The van der Waals surface area contributed by atoms with Crippen LogP contribution in [-0.4, -0.2) is 54.8 Å². The molecule has 0 bridgehead atoms. The van der Waals surface area contributed by atoms with Crippen molar-refractivity contribution in [2.24, 2.45) is 0 Å². The van der Waals surface area contributed by atoms with Gasteiger partial charge in [-0.15, -0.1) is 0 Å². The topological polar surface area (TPSA) is 114 Å². The van der Waals surface area contributed by atoms with Crippen molar-refractivity contribution < 1.29 is 24.2 Å². The van der Waals surface area contributed by atoms with Crippen molar-refractivity contribution in [2.75, 3.05) is 38.1 Å². The first-order valence-corrected chi connectivity index (χ1v) is 13.2. The highest BCUT2D eigenvalue weighted by molar-refractivity contribution is 6.38. The quantitative estimate of drug-likeness (QED) is 0.280. The van der Waals surface area contributed by atoms with Crippen molar-refractivity contribution in [1.29, 1.82) is 0 Å². The number of nitrogens with zero attached hydrogens (tertiary/aromatic N) is 3. The third-order valence-electron chi connectivity index (χ3n) is 6.50. The van der Waals surface area contributed by atoms with E-state index in [0.717, 1.165) is 11.1 Å². The van der Waals surface area contributed by atoms with Gasteiger partial charge in [0.15, 0.2) is 0 Å². The minimum atomic E-state index is -0.339. The minimum absolute atomic E-state index is 0.0665. The molecule has 0 aliphatic carbocycles. The van der Waals surface area contributed by atoms with E-state index in [-0.39, 0.29) is 40.8 Å². The zero-order valence-electron chi connectivity index (χ0n) is 22.8. The van der Waals surface area contributed by atoms with Gasteiger partial charge in [0.05, 0.1) is 36.4 Å². The molecule has 1 heterocycles. The lowest BCUT2D eigenvalue weighted by Crippen LogP contribution is -2.29. The number of aromatic nitrogens is 2. The molecule has 0 fully saturated rings. The van der Waals surface area contributed by atoms with E-state index in [1.807, 2.05) is 25.1 Å². The van der Waals surface area contributed by atoms with Crippen LogP contribution in [0.3, 0.4) is 0 Å². The lowest BCUT2D eigenvalue weighted by atomic mass is 9.95. The molecular formula is C29H32Cl2N4O5. The molecule has 3 aromatic rings. The molecule has 0 saturated carbocycles. The van der Waals surface area contributed by atoms with Crippen molar-refractivity contribution in [1.82, 2.24) is 9.97 Å². The van der Waals surface area contributed by atoms with Gasteiger partial charge >= 0.3 is 0 Å². The molecule has 0 radical (unpaired) electrons. The number of nitrogens with one attached hydrogen (secondary N) is 1. The Balaban J connectivity index is 1.87. The van der Waals surface area contributed by atoms with Crippen LogP contribution in [-0.2, 0) is 22.4 Å². The number of hydrogen-bond donors (Lipinski definition) is 2. The van der Waals surface area contributed by atoms with E-state index < -0.39 is 0 Å². The average Bonchev–Trinajstić information content (AvgIpc) is 2.96. The van der Waals surface area contributed by atoms with E-state index >= 15 is 0 Å².